The van der Waals surface area contributed by atoms with E-state index < -0.39 is 0 Å². The van der Waals surface area contributed by atoms with Crippen LogP contribution in [0.5, 0.6) is 5.75 Å². The van der Waals surface area contributed by atoms with Gasteiger partial charge in [0.25, 0.3) is 0 Å². The summed E-state index contributed by atoms with van der Waals surface area (Å²) in [4.78, 5) is 16.8. The number of imidazole rings is 1. The van der Waals surface area contributed by atoms with Gasteiger partial charge in [-0.15, -0.1) is 10.2 Å². The number of pyridine rings is 1. The molecule has 1 aliphatic carbocycles. The first-order valence-electron chi connectivity index (χ1n) is 11.2. The molecular formula is C25H23N7O2. The fraction of sp³-hybridized carbons (Fsp3) is 0.240. The van der Waals surface area contributed by atoms with Crippen LogP contribution in [0.4, 0.5) is 5.69 Å². The largest absolute Gasteiger partial charge is 0.497 e. The van der Waals surface area contributed by atoms with E-state index in [9.17, 15) is 4.79 Å². The molecule has 0 radical (unpaired) electrons. The second-order valence-corrected chi connectivity index (χ2v) is 8.60. The third-order valence-electron chi connectivity index (χ3n) is 6.27. The number of nitrogens with one attached hydrogen (secondary N) is 1. The van der Waals surface area contributed by atoms with Gasteiger partial charge >= 0.3 is 0 Å². The number of rotatable bonds is 6. The van der Waals surface area contributed by atoms with Crippen LogP contribution >= 0.6 is 0 Å². The summed E-state index contributed by atoms with van der Waals surface area (Å²) >= 11 is 0. The van der Waals surface area contributed by atoms with Gasteiger partial charge in [0.1, 0.15) is 11.6 Å². The van der Waals surface area contributed by atoms with Crippen LogP contribution in [-0.2, 0) is 4.79 Å². The Labute approximate surface area is 195 Å². The molecule has 4 aromatic heterocycles. The van der Waals surface area contributed by atoms with Crippen LogP contribution in [0.2, 0.25) is 0 Å². The van der Waals surface area contributed by atoms with Crippen molar-refractivity contribution in [3.05, 3.63) is 72.6 Å². The molecule has 9 nitrogen and oxygen atoms in total. The number of fused-ring (bicyclic) bond motifs is 2. The molecule has 0 bridgehead atoms. The van der Waals surface area contributed by atoms with E-state index in [2.05, 4.69) is 20.5 Å². The zero-order chi connectivity index (χ0) is 23.2. The van der Waals surface area contributed by atoms with Crippen molar-refractivity contribution in [3.63, 3.8) is 0 Å². The molecule has 6 rings (SSSR count). The molecule has 0 aliphatic heterocycles. The molecule has 170 valence electrons. The Hall–Kier alpha value is -4.27. The first kappa shape index (κ1) is 20.3. The fourth-order valence-electron chi connectivity index (χ4n) is 4.11. The third-order valence-corrected chi connectivity index (χ3v) is 6.27. The first-order valence-corrected chi connectivity index (χ1v) is 11.2. The number of carbonyl (C=O) groups excluding carboxylic acids is 1. The van der Waals surface area contributed by atoms with Crippen LogP contribution < -0.4 is 10.1 Å². The topological polar surface area (TPSA) is 98.7 Å². The fourth-order valence-corrected chi connectivity index (χ4v) is 4.11. The molecule has 0 spiro atoms. The van der Waals surface area contributed by atoms with Gasteiger partial charge in [-0.1, -0.05) is 12.1 Å². The predicted molar refractivity (Wildman–Crippen MR) is 127 cm³/mol. The van der Waals surface area contributed by atoms with Gasteiger partial charge in [0.15, 0.2) is 11.3 Å². The van der Waals surface area contributed by atoms with Crippen LogP contribution in [-0.4, -0.2) is 42.2 Å². The second-order valence-electron chi connectivity index (χ2n) is 8.60. The molecule has 1 unspecified atom stereocenters. The van der Waals surface area contributed by atoms with Crippen LogP contribution in [0, 0.1) is 5.92 Å². The maximum Gasteiger partial charge on any atom is 0.227 e. The number of aromatic nitrogens is 6. The quantitative estimate of drug-likeness (QED) is 0.418. The summed E-state index contributed by atoms with van der Waals surface area (Å²) in [6.45, 7) is 2.04. The summed E-state index contributed by atoms with van der Waals surface area (Å²) < 4.78 is 8.96. The normalized spacial score (nSPS) is 14.4. The van der Waals surface area contributed by atoms with Crippen LogP contribution in [0.1, 0.15) is 37.2 Å². The van der Waals surface area contributed by atoms with E-state index in [4.69, 9.17) is 9.84 Å². The van der Waals surface area contributed by atoms with Crippen molar-refractivity contribution in [2.45, 2.75) is 25.7 Å². The van der Waals surface area contributed by atoms with Gasteiger partial charge < -0.3 is 10.1 Å². The molecule has 1 fully saturated rings. The lowest BCUT2D eigenvalue weighted by molar-refractivity contribution is -0.117. The van der Waals surface area contributed by atoms with E-state index in [-0.39, 0.29) is 17.7 Å². The van der Waals surface area contributed by atoms with Gasteiger partial charge in [-0.25, -0.2) is 9.50 Å². The van der Waals surface area contributed by atoms with E-state index in [1.807, 2.05) is 60.0 Å². The zero-order valence-corrected chi connectivity index (χ0v) is 18.8. The monoisotopic (exact) mass is 453 g/mol. The molecular weight excluding hydrogens is 430 g/mol. The van der Waals surface area contributed by atoms with Crippen molar-refractivity contribution >= 4 is 22.9 Å². The number of nitrogens with zero attached hydrogens (tertiary/aromatic N) is 6. The Bertz CT molecular complexity index is 1520. The maximum atomic E-state index is 12.4. The molecule has 34 heavy (non-hydrogen) atoms. The lowest BCUT2D eigenvalue weighted by Gasteiger charge is -2.13. The van der Waals surface area contributed by atoms with E-state index in [1.54, 1.807) is 24.0 Å². The molecule has 1 aliphatic rings. The highest BCUT2D eigenvalue weighted by Crippen LogP contribution is 2.32. The molecule has 1 amide bonds. The van der Waals surface area contributed by atoms with Gasteiger partial charge in [0.05, 0.1) is 24.4 Å². The minimum absolute atomic E-state index is 0.0340. The predicted octanol–water partition coefficient (Wildman–Crippen LogP) is 3.95. The van der Waals surface area contributed by atoms with Gasteiger partial charge in [-0.05, 0) is 61.2 Å². The lowest BCUT2D eigenvalue weighted by atomic mass is 10.1. The van der Waals surface area contributed by atoms with E-state index in [1.165, 1.54) is 0 Å². The number of ether oxygens (including phenoxy) is 1. The van der Waals surface area contributed by atoms with Gasteiger partial charge in [-0.3, -0.25) is 9.20 Å². The Morgan fingerprint density at radius 1 is 1.12 bits per heavy atom. The Balaban J connectivity index is 1.39. The second kappa shape index (κ2) is 7.95. The number of methoxy groups -OCH3 is 1. The van der Waals surface area contributed by atoms with Crippen LogP contribution in [0.25, 0.3) is 22.4 Å². The summed E-state index contributed by atoms with van der Waals surface area (Å²) in [6, 6.07) is 13.8. The average Bonchev–Trinajstić information content (AvgIpc) is 3.47. The van der Waals surface area contributed by atoms with Gasteiger partial charge in [0, 0.05) is 24.5 Å². The molecule has 4 heterocycles. The Kier molecular flexibility index (Phi) is 4.75. The van der Waals surface area contributed by atoms with Crippen molar-refractivity contribution < 1.29 is 9.53 Å². The highest BCUT2D eigenvalue weighted by Gasteiger charge is 2.30. The minimum Gasteiger partial charge on any atom is -0.497 e. The SMILES string of the molecule is COc1ccc(-c2ccc3nnc(C(C)c4cc(NC(=O)C5CC5)c5nccn5n4)n3c2)cc1. The van der Waals surface area contributed by atoms with E-state index in [0.29, 0.717) is 11.3 Å². The van der Waals surface area contributed by atoms with Crippen molar-refractivity contribution in [1.82, 2.24) is 29.2 Å². The van der Waals surface area contributed by atoms with Crippen LogP contribution in [0.15, 0.2) is 61.1 Å². The standard InChI is InChI=1S/C25H23N7O2/c1-15(20-13-21(27-25(33)17-3-4-17)24-26-11-12-32(24)30-20)23-29-28-22-10-7-18(14-31(22)23)16-5-8-19(34-2)9-6-16/h5-15,17H,3-4H2,1-2H3,(H,27,33). The summed E-state index contributed by atoms with van der Waals surface area (Å²) in [5.74, 6) is 1.53. The molecule has 5 aromatic rings. The van der Waals surface area contributed by atoms with Crippen molar-refractivity contribution in [1.29, 1.82) is 0 Å². The number of hydrogen-bond donors (Lipinski definition) is 1. The smallest absolute Gasteiger partial charge is 0.227 e. The summed E-state index contributed by atoms with van der Waals surface area (Å²) in [5.41, 5.74) is 4.91. The van der Waals surface area contributed by atoms with Crippen molar-refractivity contribution in [2.24, 2.45) is 5.92 Å². The van der Waals surface area contributed by atoms with Crippen LogP contribution in [0.3, 0.4) is 0 Å². The Morgan fingerprint density at radius 3 is 2.68 bits per heavy atom. The number of benzene rings is 1. The summed E-state index contributed by atoms with van der Waals surface area (Å²) in [5, 5.41) is 16.6. The molecule has 0 saturated heterocycles. The number of amides is 1. The van der Waals surface area contributed by atoms with Gasteiger partial charge in [-0.2, -0.15) is 5.10 Å². The highest BCUT2D eigenvalue weighted by atomic mass is 16.5. The molecule has 1 aromatic carbocycles. The molecule has 1 saturated carbocycles. The highest BCUT2D eigenvalue weighted by molar-refractivity contribution is 5.97. The number of carbonyl (C=O) groups is 1. The van der Waals surface area contributed by atoms with Crippen molar-refractivity contribution in [2.75, 3.05) is 12.4 Å². The van der Waals surface area contributed by atoms with E-state index in [0.717, 1.165) is 46.9 Å². The van der Waals surface area contributed by atoms with Crippen molar-refractivity contribution in [3.8, 4) is 16.9 Å². The zero-order valence-electron chi connectivity index (χ0n) is 18.8. The Morgan fingerprint density at radius 2 is 1.91 bits per heavy atom. The number of hydrogen-bond acceptors (Lipinski definition) is 6. The van der Waals surface area contributed by atoms with Gasteiger partial charge in [0.2, 0.25) is 5.91 Å². The minimum atomic E-state index is -0.176. The lowest BCUT2D eigenvalue weighted by Crippen LogP contribution is -2.16. The number of anilines is 1. The molecule has 1 atom stereocenters. The maximum absolute atomic E-state index is 12.4. The summed E-state index contributed by atoms with van der Waals surface area (Å²) in [7, 11) is 1.66. The molecule has 9 heteroatoms. The molecule has 1 N–H and O–H groups in total. The van der Waals surface area contributed by atoms with E-state index >= 15 is 0 Å². The first-order chi connectivity index (χ1) is 16.6. The third kappa shape index (κ3) is 3.55. The average molecular weight is 454 g/mol. The summed E-state index contributed by atoms with van der Waals surface area (Å²) in [6.07, 6.45) is 7.37.